The third-order valence-corrected chi connectivity index (χ3v) is 3.10. The summed E-state index contributed by atoms with van der Waals surface area (Å²) in [4.78, 5) is 11.5. The molecular formula is C10H11NOS. The minimum atomic E-state index is 0.160. The van der Waals surface area contributed by atoms with E-state index < -0.39 is 0 Å². The lowest BCUT2D eigenvalue weighted by Gasteiger charge is -1.96. The van der Waals surface area contributed by atoms with Gasteiger partial charge in [0.1, 0.15) is 0 Å². The van der Waals surface area contributed by atoms with Crippen LogP contribution in [0.25, 0.3) is 10.9 Å². The predicted molar refractivity (Wildman–Crippen MR) is 56.4 cm³/mol. The van der Waals surface area contributed by atoms with Crippen molar-refractivity contribution in [2.45, 2.75) is 13.3 Å². The van der Waals surface area contributed by atoms with Crippen molar-refractivity contribution in [2.75, 3.05) is 0 Å². The summed E-state index contributed by atoms with van der Waals surface area (Å²) < 4.78 is 2.07. The summed E-state index contributed by atoms with van der Waals surface area (Å²) in [6.07, 6.45) is 0.981. The van der Waals surface area contributed by atoms with E-state index >= 15 is 0 Å². The summed E-state index contributed by atoms with van der Waals surface area (Å²) in [7, 11) is 1.92. The summed E-state index contributed by atoms with van der Waals surface area (Å²) in [5.41, 5.74) is 2.26. The number of fused-ring (bicyclic) bond motifs is 1. The van der Waals surface area contributed by atoms with Crippen molar-refractivity contribution >= 4 is 22.4 Å². The fourth-order valence-corrected chi connectivity index (χ4v) is 2.23. The fraction of sp³-hybridized carbons (Fsp3) is 0.300. The first kappa shape index (κ1) is 8.51. The number of nitrogens with zero attached hydrogens (tertiary/aromatic N) is 1. The largest absolute Gasteiger partial charge is 0.297 e. The molecular weight excluding hydrogens is 182 g/mol. The van der Waals surface area contributed by atoms with Crippen LogP contribution in [0.5, 0.6) is 0 Å². The first-order chi connectivity index (χ1) is 6.22. The van der Waals surface area contributed by atoms with Crippen LogP contribution in [0.2, 0.25) is 0 Å². The molecule has 0 saturated heterocycles. The van der Waals surface area contributed by atoms with Crippen molar-refractivity contribution in [3.63, 3.8) is 0 Å². The van der Waals surface area contributed by atoms with Gasteiger partial charge in [0, 0.05) is 7.05 Å². The van der Waals surface area contributed by atoms with Gasteiger partial charge in [-0.3, -0.25) is 8.75 Å². The Kier molecular flexibility index (Phi) is 1.96. The number of aryl methyl sites for hydroxylation is 2. The Morgan fingerprint density at radius 3 is 2.92 bits per heavy atom. The average Bonchev–Trinajstić information content (AvgIpc) is 2.42. The molecule has 3 heteroatoms. The maximum atomic E-state index is 11.5. The van der Waals surface area contributed by atoms with Crippen LogP contribution in [0.3, 0.4) is 0 Å². The zero-order chi connectivity index (χ0) is 9.42. The molecule has 1 heterocycles. The van der Waals surface area contributed by atoms with Gasteiger partial charge in [-0.05, 0) is 35.6 Å². The van der Waals surface area contributed by atoms with Gasteiger partial charge in [-0.25, -0.2) is 0 Å². The lowest BCUT2D eigenvalue weighted by atomic mass is 10.1. The number of hydrogen-bond donors (Lipinski definition) is 0. The van der Waals surface area contributed by atoms with Crippen LogP contribution in [-0.2, 0) is 13.5 Å². The Bertz CT molecular complexity index is 495. The first-order valence-corrected chi connectivity index (χ1v) is 5.08. The van der Waals surface area contributed by atoms with Gasteiger partial charge >= 0.3 is 0 Å². The summed E-state index contributed by atoms with van der Waals surface area (Å²) in [5.74, 6) is 0. The van der Waals surface area contributed by atoms with Crippen molar-refractivity contribution in [1.29, 1.82) is 0 Å². The molecule has 13 heavy (non-hydrogen) atoms. The smallest absolute Gasteiger partial charge is 0.257 e. The van der Waals surface area contributed by atoms with Crippen LogP contribution >= 0.6 is 11.5 Å². The summed E-state index contributed by atoms with van der Waals surface area (Å²) in [6.45, 7) is 2.10. The normalized spacial score (nSPS) is 10.9. The molecule has 0 amide bonds. The molecule has 1 aromatic carbocycles. The molecule has 68 valence electrons. The van der Waals surface area contributed by atoms with E-state index in [9.17, 15) is 4.79 Å². The Balaban J connectivity index is 2.84. The molecule has 0 N–H and O–H groups in total. The minimum Gasteiger partial charge on any atom is -0.297 e. The van der Waals surface area contributed by atoms with Crippen molar-refractivity contribution in [2.24, 2.45) is 7.05 Å². The molecule has 0 saturated carbocycles. The molecule has 0 atom stereocenters. The van der Waals surface area contributed by atoms with Crippen molar-refractivity contribution in [3.05, 3.63) is 33.3 Å². The van der Waals surface area contributed by atoms with E-state index in [-0.39, 0.29) is 4.74 Å². The van der Waals surface area contributed by atoms with Gasteiger partial charge in [0.25, 0.3) is 4.74 Å². The van der Waals surface area contributed by atoms with Crippen LogP contribution in [0.1, 0.15) is 12.5 Å². The van der Waals surface area contributed by atoms with E-state index in [0.717, 1.165) is 17.3 Å². The first-order valence-electron chi connectivity index (χ1n) is 4.31. The minimum absolute atomic E-state index is 0.160. The number of rotatable bonds is 1. The Morgan fingerprint density at radius 1 is 1.46 bits per heavy atom. The van der Waals surface area contributed by atoms with E-state index in [4.69, 9.17) is 0 Å². The highest BCUT2D eigenvalue weighted by molar-refractivity contribution is 7.05. The van der Waals surface area contributed by atoms with Gasteiger partial charge in [-0.15, -0.1) is 0 Å². The van der Waals surface area contributed by atoms with Crippen molar-refractivity contribution < 1.29 is 0 Å². The summed E-state index contributed by atoms with van der Waals surface area (Å²) in [5, 5.41) is 0.854. The monoisotopic (exact) mass is 193 g/mol. The van der Waals surface area contributed by atoms with Crippen LogP contribution in [0.15, 0.2) is 23.0 Å². The van der Waals surface area contributed by atoms with Crippen LogP contribution < -0.4 is 4.74 Å². The molecule has 2 rings (SSSR count). The molecule has 0 spiro atoms. The van der Waals surface area contributed by atoms with Gasteiger partial charge < -0.3 is 0 Å². The van der Waals surface area contributed by atoms with E-state index in [1.54, 1.807) is 0 Å². The van der Waals surface area contributed by atoms with Gasteiger partial charge in [0.15, 0.2) is 0 Å². The van der Waals surface area contributed by atoms with E-state index in [1.165, 1.54) is 17.1 Å². The maximum Gasteiger partial charge on any atom is 0.257 e. The Hall–Kier alpha value is -1.09. The molecule has 0 unspecified atom stereocenters. The van der Waals surface area contributed by atoms with E-state index in [0.29, 0.717) is 0 Å². The van der Waals surface area contributed by atoms with E-state index in [2.05, 4.69) is 13.0 Å². The molecule has 0 aliphatic heterocycles. The van der Waals surface area contributed by atoms with Crippen LogP contribution in [0.4, 0.5) is 0 Å². The number of benzene rings is 1. The third kappa shape index (κ3) is 1.29. The molecule has 0 fully saturated rings. The van der Waals surface area contributed by atoms with Gasteiger partial charge in [-0.2, -0.15) is 0 Å². The second-order valence-corrected chi connectivity index (χ2v) is 4.18. The third-order valence-electron chi connectivity index (χ3n) is 2.25. The summed E-state index contributed by atoms with van der Waals surface area (Å²) in [6, 6.07) is 6.09. The molecule has 0 aliphatic rings. The van der Waals surface area contributed by atoms with Gasteiger partial charge in [0.2, 0.25) is 0 Å². The topological polar surface area (TPSA) is 22.0 Å². The highest BCUT2D eigenvalue weighted by Crippen LogP contribution is 2.15. The summed E-state index contributed by atoms with van der Waals surface area (Å²) >= 11 is 1.26. The van der Waals surface area contributed by atoms with E-state index in [1.807, 2.05) is 23.1 Å². The lowest BCUT2D eigenvalue weighted by molar-refractivity contribution is 1.08. The molecule has 1 aromatic heterocycles. The highest BCUT2D eigenvalue weighted by atomic mass is 32.1. The van der Waals surface area contributed by atoms with Crippen LogP contribution in [-0.4, -0.2) is 3.96 Å². The number of aromatic nitrogens is 1. The Labute approximate surface area is 80.6 Å². The highest BCUT2D eigenvalue weighted by Gasteiger charge is 2.04. The second kappa shape index (κ2) is 3.00. The standard InChI is InChI=1S/C10H11NOS/c1-3-7-4-5-9-8(6-7)10(12)13-11(9)2/h4-6H,3H2,1-2H3. The molecule has 2 aromatic rings. The SMILES string of the molecule is CCc1ccc2c(c1)c(=O)sn2C. The van der Waals surface area contributed by atoms with Crippen molar-refractivity contribution in [3.8, 4) is 0 Å². The predicted octanol–water partition coefficient (Wildman–Crippen LogP) is 2.16. The zero-order valence-electron chi connectivity index (χ0n) is 7.70. The molecule has 0 aliphatic carbocycles. The van der Waals surface area contributed by atoms with Crippen LogP contribution in [0, 0.1) is 0 Å². The zero-order valence-corrected chi connectivity index (χ0v) is 8.52. The lowest BCUT2D eigenvalue weighted by Crippen LogP contribution is -1.88. The Morgan fingerprint density at radius 2 is 2.23 bits per heavy atom. The number of hydrogen-bond acceptors (Lipinski definition) is 2. The molecule has 0 radical (unpaired) electrons. The quantitative estimate of drug-likeness (QED) is 0.680. The second-order valence-electron chi connectivity index (χ2n) is 3.08. The van der Waals surface area contributed by atoms with Crippen molar-refractivity contribution in [1.82, 2.24) is 3.96 Å². The molecule has 2 nitrogen and oxygen atoms in total. The average molecular weight is 193 g/mol. The van der Waals surface area contributed by atoms with Gasteiger partial charge in [0.05, 0.1) is 10.9 Å². The van der Waals surface area contributed by atoms with Gasteiger partial charge in [-0.1, -0.05) is 13.0 Å². The molecule has 0 bridgehead atoms. The fourth-order valence-electron chi connectivity index (χ4n) is 1.46. The maximum absolute atomic E-state index is 11.5.